The molecule has 2 rings (SSSR count). The van der Waals surface area contributed by atoms with Gasteiger partial charge in [0.2, 0.25) is 6.29 Å². The number of carbonyl (C=O) groups is 1. The molecule has 0 spiro atoms. The topological polar surface area (TPSA) is 88.1 Å². The molecule has 1 aliphatic heterocycles. The molecule has 2 aliphatic rings. The monoisotopic (exact) mass is 318 g/mol. The van der Waals surface area contributed by atoms with E-state index in [2.05, 4.69) is 0 Å². The van der Waals surface area contributed by atoms with Crippen LogP contribution in [0.3, 0.4) is 0 Å². The van der Waals surface area contributed by atoms with E-state index in [0.29, 0.717) is 18.6 Å². The summed E-state index contributed by atoms with van der Waals surface area (Å²) in [5, 5.41) is 0. The molecule has 0 amide bonds. The van der Waals surface area contributed by atoms with Crippen molar-refractivity contribution >= 4 is 16.1 Å². The van der Waals surface area contributed by atoms with Crippen LogP contribution in [0.2, 0.25) is 0 Å². The second-order valence-electron chi connectivity index (χ2n) is 4.79. The third-order valence-corrected chi connectivity index (χ3v) is 3.85. The summed E-state index contributed by atoms with van der Waals surface area (Å²) < 4.78 is 43.3. The third-order valence-electron chi connectivity index (χ3n) is 3.36. The highest BCUT2D eigenvalue weighted by molar-refractivity contribution is 7.86. The van der Waals surface area contributed by atoms with Crippen molar-refractivity contribution in [3.8, 4) is 0 Å². The molecule has 118 valence electrons. The average molecular weight is 318 g/mol. The zero-order valence-corrected chi connectivity index (χ0v) is 12.9. The fourth-order valence-electron chi connectivity index (χ4n) is 2.57. The van der Waals surface area contributed by atoms with Crippen molar-refractivity contribution < 1.29 is 31.6 Å². The zero-order chi connectivity index (χ0) is 15.6. The molecular weight excluding hydrogens is 300 g/mol. The summed E-state index contributed by atoms with van der Waals surface area (Å²) in [6.07, 6.45) is 3.71. The highest BCUT2D eigenvalue weighted by atomic mass is 32.2. The van der Waals surface area contributed by atoms with Gasteiger partial charge in [-0.05, 0) is 19.4 Å². The summed E-state index contributed by atoms with van der Waals surface area (Å²) in [4.78, 5) is 11.8. The van der Waals surface area contributed by atoms with E-state index in [1.807, 2.05) is 0 Å². The summed E-state index contributed by atoms with van der Waals surface area (Å²) in [6, 6.07) is 0. The van der Waals surface area contributed by atoms with Crippen molar-refractivity contribution in [1.29, 1.82) is 0 Å². The van der Waals surface area contributed by atoms with Gasteiger partial charge in [-0.3, -0.25) is 0 Å². The molecule has 1 aliphatic carbocycles. The molecule has 0 radical (unpaired) electrons. The van der Waals surface area contributed by atoms with Crippen LogP contribution in [0.4, 0.5) is 0 Å². The first-order valence-electron chi connectivity index (χ1n) is 6.52. The number of ether oxygens (including phenoxy) is 3. The number of methoxy groups -OCH3 is 1. The fourth-order valence-corrected chi connectivity index (χ4v) is 3.10. The van der Waals surface area contributed by atoms with Crippen LogP contribution in [0.5, 0.6) is 0 Å². The van der Waals surface area contributed by atoms with Gasteiger partial charge in [-0.25, -0.2) is 4.79 Å². The van der Waals surface area contributed by atoms with Gasteiger partial charge in [-0.1, -0.05) is 0 Å². The fraction of sp³-hybridized carbons (Fsp3) is 0.615. The van der Waals surface area contributed by atoms with Crippen molar-refractivity contribution in [1.82, 2.24) is 0 Å². The molecule has 0 aromatic carbocycles. The Labute approximate surface area is 123 Å². The largest absolute Gasteiger partial charge is 0.471 e. The molecule has 0 aromatic rings. The van der Waals surface area contributed by atoms with Gasteiger partial charge in [0.15, 0.2) is 0 Å². The molecule has 8 heteroatoms. The molecule has 0 fully saturated rings. The number of allylic oxidation sites excluding steroid dienone is 1. The maximum Gasteiger partial charge on any atom is 0.337 e. The number of hydrogen-bond acceptors (Lipinski definition) is 7. The lowest BCUT2D eigenvalue weighted by molar-refractivity contribution is -0.156. The maximum atomic E-state index is 11.8. The van der Waals surface area contributed by atoms with Crippen LogP contribution in [-0.4, -0.2) is 40.6 Å². The Morgan fingerprint density at radius 1 is 1.48 bits per heavy atom. The third kappa shape index (κ3) is 3.38. The van der Waals surface area contributed by atoms with Crippen LogP contribution in [0.1, 0.15) is 13.3 Å². The molecule has 7 nitrogen and oxygen atoms in total. The number of carbonyl (C=O) groups excluding carboxylic acids is 1. The summed E-state index contributed by atoms with van der Waals surface area (Å²) >= 11 is 0. The van der Waals surface area contributed by atoms with Gasteiger partial charge < -0.3 is 18.4 Å². The van der Waals surface area contributed by atoms with E-state index in [1.54, 1.807) is 13.0 Å². The van der Waals surface area contributed by atoms with Crippen LogP contribution in [-0.2, 0) is 33.3 Å². The minimum absolute atomic E-state index is 0.246. The molecule has 0 N–H and O–H groups in total. The Balaban J connectivity index is 2.29. The number of hydrogen-bond donors (Lipinski definition) is 0. The van der Waals surface area contributed by atoms with Gasteiger partial charge in [0.05, 0.1) is 31.1 Å². The molecule has 0 bridgehead atoms. The lowest BCUT2D eigenvalue weighted by Gasteiger charge is -2.33. The normalized spacial score (nSPS) is 28.0. The Morgan fingerprint density at radius 2 is 2.19 bits per heavy atom. The quantitative estimate of drug-likeness (QED) is 0.550. The second-order valence-corrected chi connectivity index (χ2v) is 6.36. The summed E-state index contributed by atoms with van der Waals surface area (Å²) in [7, 11) is -2.37. The molecule has 0 aromatic heterocycles. The Bertz CT molecular complexity index is 575. The first kappa shape index (κ1) is 15.8. The molecule has 3 unspecified atom stereocenters. The minimum atomic E-state index is -3.65. The first-order valence-corrected chi connectivity index (χ1v) is 8.34. The van der Waals surface area contributed by atoms with Crippen molar-refractivity contribution in [2.24, 2.45) is 11.8 Å². The van der Waals surface area contributed by atoms with Crippen LogP contribution < -0.4 is 0 Å². The molecule has 3 atom stereocenters. The highest BCUT2D eigenvalue weighted by Gasteiger charge is 2.46. The lowest BCUT2D eigenvalue weighted by Crippen LogP contribution is -2.37. The number of rotatable bonds is 5. The highest BCUT2D eigenvalue weighted by Crippen LogP contribution is 2.44. The van der Waals surface area contributed by atoms with E-state index < -0.39 is 28.3 Å². The first-order chi connectivity index (χ1) is 9.87. The average Bonchev–Trinajstić information content (AvgIpc) is 2.81. The Kier molecular flexibility index (Phi) is 4.58. The smallest absolute Gasteiger partial charge is 0.337 e. The Morgan fingerprint density at radius 3 is 2.76 bits per heavy atom. The zero-order valence-electron chi connectivity index (χ0n) is 12.1. The van der Waals surface area contributed by atoms with Crippen molar-refractivity contribution in [2.45, 2.75) is 19.6 Å². The second kappa shape index (κ2) is 6.07. The predicted molar refractivity (Wildman–Crippen MR) is 72.2 cm³/mol. The van der Waals surface area contributed by atoms with Gasteiger partial charge in [-0.2, -0.15) is 8.42 Å². The van der Waals surface area contributed by atoms with Crippen LogP contribution in [0.15, 0.2) is 23.7 Å². The van der Waals surface area contributed by atoms with Gasteiger partial charge in [-0.15, -0.1) is 0 Å². The minimum Gasteiger partial charge on any atom is -0.471 e. The van der Waals surface area contributed by atoms with Crippen molar-refractivity contribution in [3.05, 3.63) is 23.7 Å². The summed E-state index contributed by atoms with van der Waals surface area (Å²) in [6.45, 7) is 2.19. The standard InChI is InChI=1S/C13H18O7S/c1-4-18-13-11-8(9(7-19-13)12(14)17-2)5-6-10(11)20-21(3,15)16/h6-8,11,13H,4-5H2,1-3H3. The molecule has 21 heavy (non-hydrogen) atoms. The van der Waals surface area contributed by atoms with Crippen LogP contribution in [0.25, 0.3) is 0 Å². The molecule has 0 saturated heterocycles. The number of esters is 1. The lowest BCUT2D eigenvalue weighted by atomic mass is 9.86. The van der Waals surface area contributed by atoms with E-state index in [0.717, 1.165) is 6.26 Å². The summed E-state index contributed by atoms with van der Waals surface area (Å²) in [5.41, 5.74) is 0.349. The maximum absolute atomic E-state index is 11.8. The Hall–Kier alpha value is -1.54. The van der Waals surface area contributed by atoms with E-state index in [9.17, 15) is 13.2 Å². The van der Waals surface area contributed by atoms with Gasteiger partial charge in [0.25, 0.3) is 0 Å². The van der Waals surface area contributed by atoms with Crippen molar-refractivity contribution in [3.63, 3.8) is 0 Å². The summed E-state index contributed by atoms with van der Waals surface area (Å²) in [5.74, 6) is -1.03. The van der Waals surface area contributed by atoms with Gasteiger partial charge in [0, 0.05) is 12.5 Å². The van der Waals surface area contributed by atoms with Crippen LogP contribution >= 0.6 is 0 Å². The molecular formula is C13H18O7S. The molecule has 1 heterocycles. The van der Waals surface area contributed by atoms with E-state index in [1.165, 1.54) is 13.4 Å². The predicted octanol–water partition coefficient (Wildman–Crippen LogP) is 0.932. The molecule has 0 saturated carbocycles. The van der Waals surface area contributed by atoms with Crippen LogP contribution in [0, 0.1) is 11.8 Å². The van der Waals surface area contributed by atoms with E-state index in [4.69, 9.17) is 18.4 Å². The number of fused-ring (bicyclic) bond motifs is 1. The van der Waals surface area contributed by atoms with Gasteiger partial charge >= 0.3 is 16.1 Å². The van der Waals surface area contributed by atoms with Crippen molar-refractivity contribution in [2.75, 3.05) is 20.0 Å². The van der Waals surface area contributed by atoms with E-state index in [-0.39, 0.29) is 11.7 Å². The van der Waals surface area contributed by atoms with E-state index >= 15 is 0 Å². The SMILES string of the molecule is CCOC1OC=C(C(=O)OC)C2CC=C(OS(C)(=O)=O)C12. The van der Waals surface area contributed by atoms with Gasteiger partial charge in [0.1, 0.15) is 5.76 Å².